The van der Waals surface area contributed by atoms with E-state index in [1.165, 1.54) is 17.7 Å². The van der Waals surface area contributed by atoms with Crippen molar-refractivity contribution in [2.24, 2.45) is 0 Å². The number of pyridine rings is 1. The summed E-state index contributed by atoms with van der Waals surface area (Å²) in [5.41, 5.74) is 4.81. The summed E-state index contributed by atoms with van der Waals surface area (Å²) in [7, 11) is 0. The molecule has 144 valence electrons. The fourth-order valence-corrected chi connectivity index (χ4v) is 4.52. The van der Waals surface area contributed by atoms with Crippen LogP contribution in [0.3, 0.4) is 0 Å². The average Bonchev–Trinajstić information content (AvgIpc) is 3.04. The highest BCUT2D eigenvalue weighted by atomic mass is 19.1. The van der Waals surface area contributed by atoms with Gasteiger partial charge >= 0.3 is 0 Å². The van der Waals surface area contributed by atoms with Gasteiger partial charge in [-0.2, -0.15) is 0 Å². The Hall–Kier alpha value is -3.27. The van der Waals surface area contributed by atoms with Crippen molar-refractivity contribution >= 4 is 16.7 Å². The summed E-state index contributed by atoms with van der Waals surface area (Å²) >= 11 is 0. The van der Waals surface area contributed by atoms with E-state index in [0.29, 0.717) is 5.56 Å². The molecule has 1 unspecified atom stereocenters. The minimum Gasteiger partial charge on any atom is -0.334 e. The van der Waals surface area contributed by atoms with Crippen LogP contribution in [0.15, 0.2) is 73.1 Å². The van der Waals surface area contributed by atoms with Gasteiger partial charge in [-0.15, -0.1) is 0 Å². The van der Waals surface area contributed by atoms with Crippen molar-refractivity contribution < 1.29 is 13.8 Å². The van der Waals surface area contributed by atoms with E-state index in [4.69, 9.17) is 0 Å². The Morgan fingerprint density at radius 3 is 2.76 bits per heavy atom. The lowest BCUT2D eigenvalue weighted by Crippen LogP contribution is -2.33. The van der Waals surface area contributed by atoms with E-state index in [1.807, 2.05) is 25.1 Å². The predicted octanol–water partition coefficient (Wildman–Crippen LogP) is 4.79. The molecule has 2 aromatic heterocycles. The van der Waals surface area contributed by atoms with Gasteiger partial charge in [0.15, 0.2) is 24.7 Å². The molecule has 0 bridgehead atoms. The first-order valence-electron chi connectivity index (χ1n) is 9.97. The molecular weight excluding hydrogens is 363 g/mol. The Labute approximate surface area is 169 Å². The topological polar surface area (TPSA) is 25.9 Å². The van der Waals surface area contributed by atoms with Crippen LogP contribution >= 0.6 is 0 Å². The number of nitrogens with zero attached hydrogens (tertiary/aromatic N) is 2. The van der Waals surface area contributed by atoms with Crippen molar-refractivity contribution in [1.29, 1.82) is 0 Å². The fraction of sp³-hybridized carbons (Fsp3) is 0.200. The second-order valence-electron chi connectivity index (χ2n) is 7.82. The van der Waals surface area contributed by atoms with Gasteiger partial charge in [0, 0.05) is 22.9 Å². The minimum absolute atomic E-state index is 0.00682. The summed E-state index contributed by atoms with van der Waals surface area (Å²) < 4.78 is 18.0. The quantitative estimate of drug-likeness (QED) is 0.466. The molecule has 5 rings (SSSR count). The number of carbonyl (C=O) groups excluding carboxylic acids is 1. The molecule has 0 spiro atoms. The van der Waals surface area contributed by atoms with Crippen molar-refractivity contribution in [1.82, 2.24) is 4.57 Å². The minimum atomic E-state index is -0.353. The molecular formula is C25H22FN2O+. The third-order valence-electron chi connectivity index (χ3n) is 5.88. The number of rotatable bonds is 3. The van der Waals surface area contributed by atoms with Crippen LogP contribution in [0.1, 0.15) is 39.6 Å². The summed E-state index contributed by atoms with van der Waals surface area (Å²) in [6, 6.07) is 18.8. The lowest BCUT2D eigenvalue weighted by molar-refractivity contribution is -0.687. The molecule has 0 N–H and O–H groups in total. The summed E-state index contributed by atoms with van der Waals surface area (Å²) in [5, 5.41) is 1.11. The van der Waals surface area contributed by atoms with Crippen LogP contribution in [0, 0.1) is 12.7 Å². The SMILES string of the molecule is Cc1cc2c[n+](Cc3ccccc3)ccc2n1C1CCc2ccc(F)cc2C1=O. The van der Waals surface area contributed by atoms with Gasteiger partial charge in [-0.05, 0) is 43.5 Å². The summed E-state index contributed by atoms with van der Waals surface area (Å²) in [6.07, 6.45) is 5.71. The van der Waals surface area contributed by atoms with Crippen molar-refractivity contribution in [3.8, 4) is 0 Å². The zero-order chi connectivity index (χ0) is 20.0. The van der Waals surface area contributed by atoms with Crippen molar-refractivity contribution in [3.63, 3.8) is 0 Å². The average molecular weight is 385 g/mol. The molecule has 1 aliphatic rings. The van der Waals surface area contributed by atoms with Crippen LogP contribution in [0.2, 0.25) is 0 Å². The lowest BCUT2D eigenvalue weighted by atomic mass is 9.86. The third-order valence-corrected chi connectivity index (χ3v) is 5.88. The van der Waals surface area contributed by atoms with Crippen LogP contribution < -0.4 is 4.57 Å². The molecule has 2 heterocycles. The van der Waals surface area contributed by atoms with E-state index < -0.39 is 0 Å². The molecule has 2 aromatic carbocycles. The summed E-state index contributed by atoms with van der Waals surface area (Å²) in [6.45, 7) is 2.84. The van der Waals surface area contributed by atoms with Gasteiger partial charge in [-0.1, -0.05) is 36.4 Å². The molecule has 0 saturated heterocycles. The molecule has 0 aliphatic heterocycles. The number of hydrogen-bond acceptors (Lipinski definition) is 1. The second-order valence-corrected chi connectivity index (χ2v) is 7.82. The zero-order valence-corrected chi connectivity index (χ0v) is 16.3. The van der Waals surface area contributed by atoms with Crippen molar-refractivity contribution in [3.05, 3.63) is 101 Å². The third kappa shape index (κ3) is 3.15. The van der Waals surface area contributed by atoms with Gasteiger partial charge in [-0.25, -0.2) is 8.96 Å². The Balaban J connectivity index is 1.52. The van der Waals surface area contributed by atoms with Crippen LogP contribution in [-0.2, 0) is 13.0 Å². The van der Waals surface area contributed by atoms with E-state index in [9.17, 15) is 9.18 Å². The number of Topliss-reactive ketones (excluding diaryl/α,β-unsaturated/α-hetero) is 1. The molecule has 0 saturated carbocycles. The van der Waals surface area contributed by atoms with Gasteiger partial charge in [-0.3, -0.25) is 4.79 Å². The Morgan fingerprint density at radius 2 is 1.93 bits per heavy atom. The van der Waals surface area contributed by atoms with Gasteiger partial charge in [0.05, 0.1) is 16.9 Å². The number of hydrogen-bond donors (Lipinski definition) is 0. The van der Waals surface area contributed by atoms with Gasteiger partial charge < -0.3 is 4.57 Å². The first-order valence-corrected chi connectivity index (χ1v) is 9.97. The molecule has 0 radical (unpaired) electrons. The van der Waals surface area contributed by atoms with Crippen molar-refractivity contribution in [2.45, 2.75) is 32.4 Å². The van der Waals surface area contributed by atoms with E-state index in [-0.39, 0.29) is 17.6 Å². The largest absolute Gasteiger partial charge is 0.334 e. The maximum Gasteiger partial charge on any atom is 0.185 e. The molecule has 0 fully saturated rings. The monoisotopic (exact) mass is 385 g/mol. The lowest BCUT2D eigenvalue weighted by Gasteiger charge is -2.26. The Bertz CT molecular complexity index is 1230. The number of fused-ring (bicyclic) bond motifs is 2. The number of aryl methyl sites for hydroxylation is 2. The van der Waals surface area contributed by atoms with Crippen molar-refractivity contribution in [2.75, 3.05) is 0 Å². The number of halogens is 1. The maximum absolute atomic E-state index is 13.7. The number of ketones is 1. The molecule has 29 heavy (non-hydrogen) atoms. The second kappa shape index (κ2) is 6.96. The smallest absolute Gasteiger partial charge is 0.185 e. The Kier molecular flexibility index (Phi) is 4.27. The van der Waals surface area contributed by atoms with Crippen LogP contribution in [0.25, 0.3) is 10.9 Å². The Morgan fingerprint density at radius 1 is 1.10 bits per heavy atom. The molecule has 1 aliphatic carbocycles. The molecule has 4 heteroatoms. The van der Waals surface area contributed by atoms with E-state index in [0.717, 1.165) is 41.5 Å². The molecule has 4 aromatic rings. The molecule has 1 atom stereocenters. The van der Waals surface area contributed by atoms with Crippen LogP contribution in [0.4, 0.5) is 4.39 Å². The molecule has 0 amide bonds. The van der Waals surface area contributed by atoms with Crippen LogP contribution in [0.5, 0.6) is 0 Å². The number of benzene rings is 2. The summed E-state index contributed by atoms with van der Waals surface area (Å²) in [4.78, 5) is 13.2. The summed E-state index contributed by atoms with van der Waals surface area (Å²) in [5.74, 6) is -0.346. The normalized spacial score (nSPS) is 16.2. The maximum atomic E-state index is 13.7. The number of carbonyl (C=O) groups is 1. The molecule has 3 nitrogen and oxygen atoms in total. The first-order chi connectivity index (χ1) is 14.1. The highest BCUT2D eigenvalue weighted by Crippen LogP contribution is 2.33. The fourth-order valence-electron chi connectivity index (χ4n) is 4.52. The standard InChI is InChI=1S/C25H22FN2O/c1-17-13-20-16-27(15-18-5-3-2-4-6-18)12-11-23(20)28(17)24-10-8-19-7-9-21(26)14-22(19)25(24)29/h2-7,9,11-14,16,24H,8,10,15H2,1H3/q+1. The predicted molar refractivity (Wildman–Crippen MR) is 111 cm³/mol. The highest BCUT2D eigenvalue weighted by molar-refractivity contribution is 6.02. The van der Waals surface area contributed by atoms with Crippen LogP contribution in [-0.4, -0.2) is 10.4 Å². The first kappa shape index (κ1) is 17.8. The van der Waals surface area contributed by atoms with Gasteiger partial charge in [0.2, 0.25) is 0 Å². The van der Waals surface area contributed by atoms with Gasteiger partial charge in [0.1, 0.15) is 5.82 Å². The zero-order valence-electron chi connectivity index (χ0n) is 16.3. The van der Waals surface area contributed by atoms with E-state index in [2.05, 4.69) is 45.8 Å². The number of aromatic nitrogens is 2. The van der Waals surface area contributed by atoms with E-state index >= 15 is 0 Å². The highest BCUT2D eigenvalue weighted by Gasteiger charge is 2.31. The van der Waals surface area contributed by atoms with Gasteiger partial charge in [0.25, 0.3) is 0 Å². The van der Waals surface area contributed by atoms with E-state index in [1.54, 1.807) is 6.07 Å².